The Morgan fingerprint density at radius 3 is 2.39 bits per heavy atom. The van der Waals surface area contributed by atoms with Gasteiger partial charge in [0.15, 0.2) is 0 Å². The molecule has 1 heterocycles. The van der Waals surface area contributed by atoms with Crippen LogP contribution in [0, 0.1) is 11.6 Å². The van der Waals surface area contributed by atoms with Crippen molar-refractivity contribution in [3.8, 4) is 0 Å². The summed E-state index contributed by atoms with van der Waals surface area (Å²) in [6.45, 7) is 0.385. The Labute approximate surface area is 190 Å². The zero-order chi connectivity index (χ0) is 23.6. The van der Waals surface area contributed by atoms with Crippen LogP contribution in [0.5, 0.6) is 0 Å². The van der Waals surface area contributed by atoms with E-state index in [0.29, 0.717) is 5.76 Å². The van der Waals surface area contributed by atoms with E-state index in [1.54, 1.807) is 30.3 Å². The Bertz CT molecular complexity index is 1040. The Morgan fingerprint density at radius 1 is 0.970 bits per heavy atom. The third-order valence-electron chi connectivity index (χ3n) is 4.86. The van der Waals surface area contributed by atoms with Gasteiger partial charge in [-0.25, -0.2) is 13.6 Å². The van der Waals surface area contributed by atoms with Crippen LogP contribution in [0.2, 0.25) is 0 Å². The number of ether oxygens (including phenoxy) is 1. The van der Waals surface area contributed by atoms with Gasteiger partial charge in [-0.3, -0.25) is 4.79 Å². The summed E-state index contributed by atoms with van der Waals surface area (Å²) in [7, 11) is 1.48. The summed E-state index contributed by atoms with van der Waals surface area (Å²) in [5, 5.41) is 2.49. The molecular formula is C24H25F2N3O4. The summed E-state index contributed by atoms with van der Waals surface area (Å²) >= 11 is 0. The summed E-state index contributed by atoms with van der Waals surface area (Å²) in [6.07, 6.45) is 1.50. The fourth-order valence-electron chi connectivity index (χ4n) is 3.11. The van der Waals surface area contributed by atoms with Crippen LogP contribution in [-0.2, 0) is 22.6 Å². The lowest BCUT2D eigenvalue weighted by atomic mass is 10.2. The number of hydrogen-bond acceptors (Lipinski definition) is 4. The highest BCUT2D eigenvalue weighted by molar-refractivity contribution is 5.92. The van der Waals surface area contributed by atoms with Crippen LogP contribution in [0.4, 0.5) is 19.3 Å². The average Bonchev–Trinajstić information content (AvgIpc) is 3.32. The number of rotatable bonds is 10. The van der Waals surface area contributed by atoms with Gasteiger partial charge in [0.2, 0.25) is 5.91 Å². The van der Waals surface area contributed by atoms with Crippen LogP contribution in [0.25, 0.3) is 0 Å². The van der Waals surface area contributed by atoms with Gasteiger partial charge in [-0.15, -0.1) is 0 Å². The predicted molar refractivity (Wildman–Crippen MR) is 118 cm³/mol. The van der Waals surface area contributed by atoms with E-state index >= 15 is 0 Å². The Hall–Kier alpha value is -3.72. The highest BCUT2D eigenvalue weighted by Gasteiger charge is 2.23. The van der Waals surface area contributed by atoms with Crippen molar-refractivity contribution in [1.29, 1.82) is 0 Å². The average molecular weight is 457 g/mol. The zero-order valence-electron chi connectivity index (χ0n) is 18.2. The molecule has 0 bridgehead atoms. The van der Waals surface area contributed by atoms with Crippen molar-refractivity contribution in [2.45, 2.75) is 13.1 Å². The van der Waals surface area contributed by atoms with Gasteiger partial charge in [0, 0.05) is 20.2 Å². The smallest absolute Gasteiger partial charge is 0.322 e. The van der Waals surface area contributed by atoms with Gasteiger partial charge in [-0.05, 0) is 42.0 Å². The lowest BCUT2D eigenvalue weighted by Crippen LogP contribution is -2.45. The zero-order valence-corrected chi connectivity index (χ0v) is 18.2. The molecule has 9 heteroatoms. The van der Waals surface area contributed by atoms with Crippen molar-refractivity contribution < 1.29 is 27.5 Å². The van der Waals surface area contributed by atoms with E-state index in [4.69, 9.17) is 9.15 Å². The fraction of sp³-hybridized carbons (Fsp3) is 0.250. The van der Waals surface area contributed by atoms with Crippen LogP contribution in [-0.4, -0.2) is 48.5 Å². The number of anilines is 1. The molecule has 174 valence electrons. The Balaban J connectivity index is 1.75. The fourth-order valence-corrected chi connectivity index (χ4v) is 3.11. The highest BCUT2D eigenvalue weighted by Crippen LogP contribution is 2.15. The summed E-state index contributed by atoms with van der Waals surface area (Å²) in [6, 6.07) is 14.4. The number of benzene rings is 2. The molecule has 7 nitrogen and oxygen atoms in total. The first kappa shape index (κ1) is 23.9. The van der Waals surface area contributed by atoms with Crippen molar-refractivity contribution in [3.63, 3.8) is 0 Å². The number of furan rings is 1. The number of carbonyl (C=O) groups excluding carboxylic acids is 2. The lowest BCUT2D eigenvalue weighted by molar-refractivity contribution is -0.133. The SMILES string of the molecule is COCCN(CC(=O)N(Cc1ccc(F)cc1)Cc1ccco1)C(=O)Nc1ccccc1F. The van der Waals surface area contributed by atoms with Gasteiger partial charge in [-0.1, -0.05) is 24.3 Å². The van der Waals surface area contributed by atoms with Gasteiger partial charge in [0.25, 0.3) is 0 Å². The van der Waals surface area contributed by atoms with Gasteiger partial charge < -0.3 is 24.3 Å². The van der Waals surface area contributed by atoms with Crippen LogP contribution >= 0.6 is 0 Å². The number of hydrogen-bond donors (Lipinski definition) is 1. The first-order valence-corrected chi connectivity index (χ1v) is 10.3. The number of nitrogens with zero attached hydrogens (tertiary/aromatic N) is 2. The van der Waals surface area contributed by atoms with Gasteiger partial charge in [0.05, 0.1) is 25.1 Å². The first-order chi connectivity index (χ1) is 16.0. The molecule has 0 aliphatic heterocycles. The molecule has 3 aromatic rings. The molecule has 0 fully saturated rings. The minimum Gasteiger partial charge on any atom is -0.467 e. The molecule has 33 heavy (non-hydrogen) atoms. The number of urea groups is 1. The van der Waals surface area contributed by atoms with Gasteiger partial charge in [0.1, 0.15) is 23.9 Å². The number of nitrogens with one attached hydrogen (secondary N) is 1. The lowest BCUT2D eigenvalue weighted by Gasteiger charge is -2.27. The number of amides is 3. The number of para-hydroxylation sites is 1. The first-order valence-electron chi connectivity index (χ1n) is 10.3. The van der Waals surface area contributed by atoms with E-state index in [-0.39, 0.29) is 50.2 Å². The topological polar surface area (TPSA) is 75.0 Å². The molecule has 1 N–H and O–H groups in total. The molecule has 0 aliphatic rings. The minimum absolute atomic E-state index is 0.0103. The molecule has 3 rings (SSSR count). The standard InChI is InChI=1S/C24H25F2N3O4/c1-32-14-12-28(24(31)27-22-7-3-2-6-21(22)26)17-23(30)29(16-20-5-4-13-33-20)15-18-8-10-19(25)11-9-18/h2-11,13H,12,14-17H2,1H3,(H,27,31). The maximum Gasteiger partial charge on any atom is 0.322 e. The van der Waals surface area contributed by atoms with Crippen molar-refractivity contribution >= 4 is 17.6 Å². The second kappa shape index (κ2) is 11.8. The second-order valence-electron chi connectivity index (χ2n) is 7.28. The monoisotopic (exact) mass is 457 g/mol. The number of carbonyl (C=O) groups is 2. The van der Waals surface area contributed by atoms with Crippen molar-refractivity contribution in [2.75, 3.05) is 32.1 Å². The quantitative estimate of drug-likeness (QED) is 0.494. The van der Waals surface area contributed by atoms with Crippen LogP contribution in [0.1, 0.15) is 11.3 Å². The van der Waals surface area contributed by atoms with Gasteiger partial charge >= 0.3 is 6.03 Å². The van der Waals surface area contributed by atoms with E-state index in [2.05, 4.69) is 5.32 Å². The summed E-state index contributed by atoms with van der Waals surface area (Å²) in [5.41, 5.74) is 0.728. The molecule has 0 atom stereocenters. The Kier molecular flexibility index (Phi) is 8.54. The molecule has 0 saturated carbocycles. The molecule has 0 saturated heterocycles. The van der Waals surface area contributed by atoms with E-state index < -0.39 is 11.8 Å². The molecule has 1 aromatic heterocycles. The van der Waals surface area contributed by atoms with E-state index in [1.165, 1.54) is 53.5 Å². The van der Waals surface area contributed by atoms with E-state index in [9.17, 15) is 18.4 Å². The predicted octanol–water partition coefficient (Wildman–Crippen LogP) is 4.27. The third kappa shape index (κ3) is 7.15. The molecule has 3 amide bonds. The van der Waals surface area contributed by atoms with Crippen molar-refractivity contribution in [1.82, 2.24) is 9.80 Å². The maximum absolute atomic E-state index is 14.0. The molecule has 0 aliphatic carbocycles. The van der Waals surface area contributed by atoms with E-state index in [1.807, 2.05) is 0 Å². The van der Waals surface area contributed by atoms with Crippen LogP contribution in [0.3, 0.4) is 0 Å². The summed E-state index contributed by atoms with van der Waals surface area (Å²) in [4.78, 5) is 28.8. The van der Waals surface area contributed by atoms with Crippen LogP contribution in [0.15, 0.2) is 71.3 Å². The third-order valence-corrected chi connectivity index (χ3v) is 4.86. The normalized spacial score (nSPS) is 10.6. The number of methoxy groups -OCH3 is 1. The summed E-state index contributed by atoms with van der Waals surface area (Å²) in [5.74, 6) is -0.766. The van der Waals surface area contributed by atoms with Crippen LogP contribution < -0.4 is 5.32 Å². The minimum atomic E-state index is -0.634. The number of halogens is 2. The van der Waals surface area contributed by atoms with Crippen molar-refractivity contribution in [3.05, 3.63) is 89.9 Å². The summed E-state index contributed by atoms with van der Waals surface area (Å²) < 4.78 is 37.7. The molecule has 2 aromatic carbocycles. The second-order valence-corrected chi connectivity index (χ2v) is 7.28. The maximum atomic E-state index is 14.0. The van der Waals surface area contributed by atoms with Gasteiger partial charge in [-0.2, -0.15) is 0 Å². The largest absolute Gasteiger partial charge is 0.467 e. The molecule has 0 spiro atoms. The molecular weight excluding hydrogens is 432 g/mol. The van der Waals surface area contributed by atoms with Crippen molar-refractivity contribution in [2.24, 2.45) is 0 Å². The highest BCUT2D eigenvalue weighted by atomic mass is 19.1. The molecule has 0 unspecified atom stereocenters. The molecule has 0 radical (unpaired) electrons. The Morgan fingerprint density at radius 2 is 1.73 bits per heavy atom. The van der Waals surface area contributed by atoms with E-state index in [0.717, 1.165) is 5.56 Å².